The second kappa shape index (κ2) is 8.02. The number of rotatable bonds is 6. The van der Waals surface area contributed by atoms with Crippen LogP contribution in [-0.2, 0) is 14.8 Å². The molecule has 5 nitrogen and oxygen atoms in total. The van der Waals surface area contributed by atoms with Gasteiger partial charge >= 0.3 is 0 Å². The molecule has 3 rings (SSSR count). The van der Waals surface area contributed by atoms with E-state index in [1.807, 2.05) is 61.5 Å². The molecule has 28 heavy (non-hydrogen) atoms. The molecule has 1 N–H and O–H groups in total. The highest BCUT2D eigenvalue weighted by Crippen LogP contribution is 2.25. The van der Waals surface area contributed by atoms with Gasteiger partial charge in [-0.3, -0.25) is 9.10 Å². The fourth-order valence-electron chi connectivity index (χ4n) is 3.24. The van der Waals surface area contributed by atoms with Crippen molar-refractivity contribution in [2.75, 3.05) is 15.9 Å². The van der Waals surface area contributed by atoms with Crippen LogP contribution in [0, 0.1) is 6.92 Å². The first kappa shape index (κ1) is 19.9. The van der Waals surface area contributed by atoms with E-state index in [1.54, 1.807) is 19.1 Å². The summed E-state index contributed by atoms with van der Waals surface area (Å²) >= 11 is 0. The van der Waals surface area contributed by atoms with Crippen LogP contribution in [0.4, 0.5) is 11.4 Å². The lowest BCUT2D eigenvalue weighted by Crippen LogP contribution is -2.47. The molecule has 1 amide bonds. The summed E-state index contributed by atoms with van der Waals surface area (Å²) in [6.07, 6.45) is 1.47. The van der Waals surface area contributed by atoms with Crippen LogP contribution in [0.5, 0.6) is 0 Å². The minimum atomic E-state index is -3.64. The van der Waals surface area contributed by atoms with Gasteiger partial charge in [-0.25, -0.2) is 8.42 Å². The zero-order valence-corrected chi connectivity index (χ0v) is 17.0. The third-order valence-electron chi connectivity index (χ3n) is 4.64. The maximum atomic E-state index is 13.0. The predicted octanol–water partition coefficient (Wildman–Crippen LogP) is 4.33. The molecular formula is C22H24N2O3S. The molecule has 0 saturated carbocycles. The summed E-state index contributed by atoms with van der Waals surface area (Å²) in [5, 5.41) is 4.95. The number of aryl methyl sites for hydroxylation is 1. The van der Waals surface area contributed by atoms with Crippen molar-refractivity contribution in [2.24, 2.45) is 0 Å². The fraction of sp³-hybridized carbons (Fsp3) is 0.227. The fourth-order valence-corrected chi connectivity index (χ4v) is 4.46. The smallest absolute Gasteiger partial charge is 0.248 e. The molecule has 0 aliphatic rings. The molecule has 6 heteroatoms. The van der Waals surface area contributed by atoms with Crippen molar-refractivity contribution in [2.45, 2.75) is 26.3 Å². The predicted molar refractivity (Wildman–Crippen MR) is 115 cm³/mol. The lowest BCUT2D eigenvalue weighted by Gasteiger charge is -2.30. The van der Waals surface area contributed by atoms with Crippen LogP contribution in [0.2, 0.25) is 0 Å². The summed E-state index contributed by atoms with van der Waals surface area (Å²) in [4.78, 5) is 13.0. The van der Waals surface area contributed by atoms with Gasteiger partial charge < -0.3 is 5.32 Å². The molecule has 146 valence electrons. The van der Waals surface area contributed by atoms with Crippen molar-refractivity contribution < 1.29 is 13.2 Å². The van der Waals surface area contributed by atoms with Crippen molar-refractivity contribution in [3.8, 4) is 0 Å². The Balaban J connectivity index is 1.92. The maximum Gasteiger partial charge on any atom is 0.248 e. The number of nitrogens with zero attached hydrogens (tertiary/aromatic N) is 1. The molecule has 0 fully saturated rings. The second-order valence-corrected chi connectivity index (χ2v) is 8.73. The van der Waals surface area contributed by atoms with Gasteiger partial charge in [0.15, 0.2) is 0 Å². The Bertz CT molecular complexity index is 1090. The van der Waals surface area contributed by atoms with Crippen molar-refractivity contribution in [1.82, 2.24) is 0 Å². The van der Waals surface area contributed by atoms with E-state index in [2.05, 4.69) is 5.32 Å². The first-order valence-electron chi connectivity index (χ1n) is 9.15. The Morgan fingerprint density at radius 1 is 1.00 bits per heavy atom. The molecule has 3 aromatic carbocycles. The van der Waals surface area contributed by atoms with Crippen molar-refractivity contribution in [1.29, 1.82) is 0 Å². The number of hydrogen-bond acceptors (Lipinski definition) is 3. The van der Waals surface area contributed by atoms with Gasteiger partial charge in [0.2, 0.25) is 15.9 Å². The van der Waals surface area contributed by atoms with E-state index in [-0.39, 0.29) is 5.91 Å². The SMILES string of the molecule is CC[C@H](C(=O)Nc1ccc2ccccc2c1)N(c1ccc(C)cc1)S(C)(=O)=O. The summed E-state index contributed by atoms with van der Waals surface area (Å²) in [6.45, 7) is 3.73. The molecule has 3 aromatic rings. The zero-order valence-electron chi connectivity index (χ0n) is 16.2. The van der Waals surface area contributed by atoms with E-state index in [0.29, 0.717) is 17.8 Å². The van der Waals surface area contributed by atoms with Crippen molar-refractivity contribution in [3.63, 3.8) is 0 Å². The number of nitrogens with one attached hydrogen (secondary N) is 1. The van der Waals surface area contributed by atoms with Crippen LogP contribution in [0.1, 0.15) is 18.9 Å². The van der Waals surface area contributed by atoms with Crippen LogP contribution < -0.4 is 9.62 Å². The molecule has 0 spiro atoms. The molecule has 0 bridgehead atoms. The summed E-state index contributed by atoms with van der Waals surface area (Å²) in [5.74, 6) is -0.358. The van der Waals surface area contributed by atoms with E-state index < -0.39 is 16.1 Å². The Kier molecular flexibility index (Phi) is 5.70. The van der Waals surface area contributed by atoms with Crippen molar-refractivity contribution >= 4 is 38.1 Å². The van der Waals surface area contributed by atoms with Gasteiger partial charge in [0.05, 0.1) is 11.9 Å². The number of fused-ring (bicyclic) bond motifs is 1. The third-order valence-corrected chi connectivity index (χ3v) is 5.82. The second-order valence-electron chi connectivity index (χ2n) is 6.87. The number of hydrogen-bond donors (Lipinski definition) is 1. The number of amides is 1. The average Bonchev–Trinajstić information content (AvgIpc) is 2.66. The molecule has 0 aliphatic carbocycles. The first-order chi connectivity index (χ1) is 13.3. The molecule has 0 radical (unpaired) electrons. The molecule has 0 heterocycles. The summed E-state index contributed by atoms with van der Waals surface area (Å²) in [6, 6.07) is 19.8. The Morgan fingerprint density at radius 3 is 2.25 bits per heavy atom. The van der Waals surface area contributed by atoms with E-state index >= 15 is 0 Å². The highest BCUT2D eigenvalue weighted by molar-refractivity contribution is 7.92. The molecular weight excluding hydrogens is 372 g/mol. The van der Waals surface area contributed by atoms with E-state index in [0.717, 1.165) is 22.6 Å². The number of sulfonamides is 1. The minimum Gasteiger partial charge on any atom is -0.324 e. The quantitative estimate of drug-likeness (QED) is 0.674. The number of carbonyl (C=O) groups excluding carboxylic acids is 1. The monoisotopic (exact) mass is 396 g/mol. The molecule has 0 aromatic heterocycles. The highest BCUT2D eigenvalue weighted by Gasteiger charge is 2.31. The molecule has 0 unspecified atom stereocenters. The molecule has 1 atom stereocenters. The van der Waals surface area contributed by atoms with E-state index in [4.69, 9.17) is 0 Å². The average molecular weight is 397 g/mol. The summed E-state index contributed by atoms with van der Waals surface area (Å²) in [7, 11) is -3.64. The zero-order chi connectivity index (χ0) is 20.3. The first-order valence-corrected chi connectivity index (χ1v) is 11.0. The number of benzene rings is 3. The van der Waals surface area contributed by atoms with Gasteiger partial charge in [-0.1, -0.05) is 55.0 Å². The standard InChI is InChI=1S/C22H24N2O3S/c1-4-21(24(28(3,26)27)20-13-9-16(2)10-14-20)22(25)23-19-12-11-17-7-5-6-8-18(17)15-19/h5-15,21H,4H2,1-3H3,(H,23,25)/t21-/m1/s1. The maximum absolute atomic E-state index is 13.0. The molecule has 0 saturated heterocycles. The van der Waals surface area contributed by atoms with E-state index in [1.165, 1.54) is 4.31 Å². The minimum absolute atomic E-state index is 0.348. The highest BCUT2D eigenvalue weighted by atomic mass is 32.2. The van der Waals surface area contributed by atoms with Gasteiger partial charge in [-0.05, 0) is 48.4 Å². The largest absolute Gasteiger partial charge is 0.324 e. The van der Waals surface area contributed by atoms with Crippen LogP contribution in [0.25, 0.3) is 10.8 Å². The Hall–Kier alpha value is -2.86. The van der Waals surface area contributed by atoms with Gasteiger partial charge in [0.25, 0.3) is 0 Å². The van der Waals surface area contributed by atoms with Crippen molar-refractivity contribution in [3.05, 3.63) is 72.3 Å². The molecule has 0 aliphatic heterocycles. The van der Waals surface area contributed by atoms with Gasteiger partial charge in [0.1, 0.15) is 6.04 Å². The van der Waals surface area contributed by atoms with Gasteiger partial charge in [-0.15, -0.1) is 0 Å². The number of carbonyl (C=O) groups is 1. The van der Waals surface area contributed by atoms with Crippen LogP contribution >= 0.6 is 0 Å². The van der Waals surface area contributed by atoms with Crippen LogP contribution in [-0.4, -0.2) is 26.6 Å². The lowest BCUT2D eigenvalue weighted by molar-refractivity contribution is -0.117. The number of anilines is 2. The van der Waals surface area contributed by atoms with Gasteiger partial charge in [-0.2, -0.15) is 0 Å². The summed E-state index contributed by atoms with van der Waals surface area (Å²) < 4.78 is 26.2. The van der Waals surface area contributed by atoms with Gasteiger partial charge in [0, 0.05) is 5.69 Å². The third kappa shape index (κ3) is 4.34. The van der Waals surface area contributed by atoms with Crippen LogP contribution in [0.15, 0.2) is 66.7 Å². The van der Waals surface area contributed by atoms with Crippen LogP contribution in [0.3, 0.4) is 0 Å². The Morgan fingerprint density at radius 2 is 1.64 bits per heavy atom. The normalized spacial score (nSPS) is 12.5. The Labute approximate surface area is 166 Å². The van der Waals surface area contributed by atoms with E-state index in [9.17, 15) is 13.2 Å². The topological polar surface area (TPSA) is 66.5 Å². The summed E-state index contributed by atoms with van der Waals surface area (Å²) in [5.41, 5.74) is 2.14. The lowest BCUT2D eigenvalue weighted by atomic mass is 10.1.